The van der Waals surface area contributed by atoms with Gasteiger partial charge >= 0.3 is 0 Å². The van der Waals surface area contributed by atoms with Crippen LogP contribution < -0.4 is 15.4 Å². The zero-order valence-corrected chi connectivity index (χ0v) is 11.8. The lowest BCUT2D eigenvalue weighted by Crippen LogP contribution is -2.23. The van der Waals surface area contributed by atoms with Crippen molar-refractivity contribution in [3.05, 3.63) is 23.8 Å². The van der Waals surface area contributed by atoms with Gasteiger partial charge in [0.25, 0.3) is 0 Å². The van der Waals surface area contributed by atoms with Crippen molar-refractivity contribution < 1.29 is 4.74 Å². The summed E-state index contributed by atoms with van der Waals surface area (Å²) in [5.41, 5.74) is 2.60. The van der Waals surface area contributed by atoms with Crippen molar-refractivity contribution >= 4 is 5.69 Å². The number of anilines is 1. The lowest BCUT2D eigenvalue weighted by molar-refractivity contribution is 0.415. The molecule has 0 saturated carbocycles. The largest absolute Gasteiger partial charge is 0.495 e. The first-order valence-electron chi connectivity index (χ1n) is 6.66. The van der Waals surface area contributed by atoms with Gasteiger partial charge in [-0.2, -0.15) is 0 Å². The summed E-state index contributed by atoms with van der Waals surface area (Å²) >= 11 is 0. The van der Waals surface area contributed by atoms with Gasteiger partial charge in [-0.15, -0.1) is 0 Å². The van der Waals surface area contributed by atoms with Crippen LogP contribution in [0.3, 0.4) is 0 Å². The molecule has 0 aromatic heterocycles. The van der Waals surface area contributed by atoms with Gasteiger partial charge in [0.05, 0.1) is 12.8 Å². The quantitative estimate of drug-likeness (QED) is 0.863. The maximum Gasteiger partial charge on any atom is 0.141 e. The lowest BCUT2D eigenvalue weighted by Gasteiger charge is -2.23. The Bertz CT molecular complexity index is 403. The smallest absolute Gasteiger partial charge is 0.141 e. The van der Waals surface area contributed by atoms with E-state index >= 15 is 0 Å². The van der Waals surface area contributed by atoms with Crippen LogP contribution in [-0.4, -0.2) is 26.2 Å². The van der Waals surface area contributed by atoms with Crippen LogP contribution in [0.5, 0.6) is 5.75 Å². The van der Waals surface area contributed by atoms with Crippen molar-refractivity contribution in [1.29, 1.82) is 0 Å². The van der Waals surface area contributed by atoms with Crippen molar-refractivity contribution in [1.82, 2.24) is 5.32 Å². The molecule has 0 radical (unpaired) electrons. The Kier molecular flexibility index (Phi) is 3.81. The number of nitrogens with one attached hydrogen (secondary N) is 2. The molecule has 0 spiro atoms. The molecule has 2 rings (SSSR count). The molecule has 2 N–H and O–H groups in total. The molecule has 0 aliphatic carbocycles. The molecule has 3 heteroatoms. The second-order valence-electron chi connectivity index (χ2n) is 6.00. The summed E-state index contributed by atoms with van der Waals surface area (Å²) in [6.45, 7) is 8.82. The number of benzene rings is 1. The predicted octanol–water partition coefficient (Wildman–Crippen LogP) is 2.77. The van der Waals surface area contributed by atoms with E-state index in [0.29, 0.717) is 6.04 Å². The first kappa shape index (κ1) is 13.2. The number of rotatable bonds is 3. The second-order valence-corrected chi connectivity index (χ2v) is 6.00. The Morgan fingerprint density at radius 3 is 2.67 bits per heavy atom. The zero-order valence-electron chi connectivity index (χ0n) is 11.8. The van der Waals surface area contributed by atoms with Gasteiger partial charge in [-0.25, -0.2) is 0 Å². The zero-order chi connectivity index (χ0) is 13.2. The SMILES string of the molecule is COc1ccc(C(C)(C)C)cc1NC1CCNC1. The van der Waals surface area contributed by atoms with E-state index in [1.165, 1.54) is 12.0 Å². The minimum atomic E-state index is 0.163. The normalized spacial score (nSPS) is 19.9. The Morgan fingerprint density at radius 2 is 2.11 bits per heavy atom. The van der Waals surface area contributed by atoms with Gasteiger partial charge in [0.1, 0.15) is 5.75 Å². The van der Waals surface area contributed by atoms with E-state index in [1.807, 2.05) is 0 Å². The minimum absolute atomic E-state index is 0.163. The van der Waals surface area contributed by atoms with Crippen molar-refractivity contribution in [3.63, 3.8) is 0 Å². The van der Waals surface area contributed by atoms with Gasteiger partial charge in [0.2, 0.25) is 0 Å². The van der Waals surface area contributed by atoms with Gasteiger partial charge < -0.3 is 15.4 Å². The fourth-order valence-electron chi connectivity index (χ4n) is 2.29. The van der Waals surface area contributed by atoms with Crippen LogP contribution in [0.2, 0.25) is 0 Å². The van der Waals surface area contributed by atoms with Gasteiger partial charge in [0, 0.05) is 12.6 Å². The molecule has 18 heavy (non-hydrogen) atoms. The molecule has 0 bridgehead atoms. The third kappa shape index (κ3) is 2.96. The van der Waals surface area contributed by atoms with Gasteiger partial charge in [-0.05, 0) is 36.1 Å². The molecule has 1 heterocycles. The average molecular weight is 248 g/mol. The highest BCUT2D eigenvalue weighted by atomic mass is 16.5. The molecule has 1 aromatic carbocycles. The van der Waals surface area contributed by atoms with Crippen molar-refractivity contribution in [3.8, 4) is 5.75 Å². The van der Waals surface area contributed by atoms with Crippen LogP contribution in [-0.2, 0) is 5.41 Å². The third-order valence-electron chi connectivity index (χ3n) is 3.49. The first-order valence-corrected chi connectivity index (χ1v) is 6.66. The first-order chi connectivity index (χ1) is 8.50. The number of hydrogen-bond donors (Lipinski definition) is 2. The van der Waals surface area contributed by atoms with Crippen LogP contribution in [0.15, 0.2) is 18.2 Å². The summed E-state index contributed by atoms with van der Waals surface area (Å²) in [5, 5.41) is 6.96. The minimum Gasteiger partial charge on any atom is -0.495 e. The van der Waals surface area contributed by atoms with E-state index in [9.17, 15) is 0 Å². The fraction of sp³-hybridized carbons (Fsp3) is 0.600. The summed E-state index contributed by atoms with van der Waals surface area (Å²) < 4.78 is 5.44. The molecule has 3 nitrogen and oxygen atoms in total. The molecular weight excluding hydrogens is 224 g/mol. The average Bonchev–Trinajstić information content (AvgIpc) is 2.80. The number of hydrogen-bond acceptors (Lipinski definition) is 3. The van der Waals surface area contributed by atoms with Gasteiger partial charge in [-0.3, -0.25) is 0 Å². The van der Waals surface area contributed by atoms with Crippen molar-refractivity contribution in [2.45, 2.75) is 38.6 Å². The highest BCUT2D eigenvalue weighted by Crippen LogP contribution is 2.32. The van der Waals surface area contributed by atoms with Crippen molar-refractivity contribution in [2.75, 3.05) is 25.5 Å². The number of ether oxygens (including phenoxy) is 1. The van der Waals surface area contributed by atoms with Crippen LogP contribution in [0.25, 0.3) is 0 Å². The topological polar surface area (TPSA) is 33.3 Å². The number of methoxy groups -OCH3 is 1. The Balaban J connectivity index is 2.24. The van der Waals surface area contributed by atoms with Gasteiger partial charge in [0.15, 0.2) is 0 Å². The Morgan fingerprint density at radius 1 is 1.33 bits per heavy atom. The molecular formula is C15H24N2O. The molecule has 1 aromatic rings. The van der Waals surface area contributed by atoms with Crippen LogP contribution >= 0.6 is 0 Å². The van der Waals surface area contributed by atoms with Crippen LogP contribution in [0, 0.1) is 0 Å². The summed E-state index contributed by atoms with van der Waals surface area (Å²) in [4.78, 5) is 0. The Labute approximate surface area is 110 Å². The molecule has 1 saturated heterocycles. The van der Waals surface area contributed by atoms with Crippen LogP contribution in [0.4, 0.5) is 5.69 Å². The molecule has 100 valence electrons. The van der Waals surface area contributed by atoms with E-state index in [-0.39, 0.29) is 5.41 Å². The van der Waals surface area contributed by atoms with Gasteiger partial charge in [-0.1, -0.05) is 26.8 Å². The third-order valence-corrected chi connectivity index (χ3v) is 3.49. The standard InChI is InChI=1S/C15H24N2O/c1-15(2,3)11-5-6-14(18-4)13(9-11)17-12-7-8-16-10-12/h5-6,9,12,16-17H,7-8,10H2,1-4H3. The van der Waals surface area contributed by atoms with Crippen molar-refractivity contribution in [2.24, 2.45) is 0 Å². The summed E-state index contributed by atoms with van der Waals surface area (Å²) in [6.07, 6.45) is 1.17. The lowest BCUT2D eigenvalue weighted by atomic mass is 9.86. The summed E-state index contributed by atoms with van der Waals surface area (Å²) in [6, 6.07) is 6.94. The highest BCUT2D eigenvalue weighted by molar-refractivity contribution is 5.59. The Hall–Kier alpha value is -1.22. The van der Waals surface area contributed by atoms with Crippen LogP contribution in [0.1, 0.15) is 32.8 Å². The molecule has 0 amide bonds. The maximum atomic E-state index is 5.44. The predicted molar refractivity (Wildman–Crippen MR) is 76.6 cm³/mol. The highest BCUT2D eigenvalue weighted by Gasteiger charge is 2.19. The van der Waals surface area contributed by atoms with E-state index < -0.39 is 0 Å². The monoisotopic (exact) mass is 248 g/mol. The summed E-state index contributed by atoms with van der Waals surface area (Å²) in [5.74, 6) is 0.926. The van der Waals surface area contributed by atoms with E-state index in [2.05, 4.69) is 49.6 Å². The maximum absolute atomic E-state index is 5.44. The molecule has 1 unspecified atom stereocenters. The summed E-state index contributed by atoms with van der Waals surface area (Å²) in [7, 11) is 1.73. The molecule has 1 aliphatic rings. The van der Waals surface area contributed by atoms with E-state index in [1.54, 1.807) is 7.11 Å². The molecule has 1 aliphatic heterocycles. The molecule has 1 atom stereocenters. The molecule has 1 fully saturated rings. The van der Waals surface area contributed by atoms with E-state index in [0.717, 1.165) is 24.5 Å². The second kappa shape index (κ2) is 5.19. The van der Waals surface area contributed by atoms with E-state index in [4.69, 9.17) is 4.74 Å². The fourth-order valence-corrected chi connectivity index (χ4v) is 2.29.